The molecule has 1 heterocycles. The van der Waals surface area contributed by atoms with Crippen molar-refractivity contribution in [1.82, 2.24) is 9.78 Å². The van der Waals surface area contributed by atoms with E-state index in [1.165, 1.54) is 0 Å². The van der Waals surface area contributed by atoms with Gasteiger partial charge in [0.05, 0.1) is 12.4 Å². The molecule has 1 aromatic heterocycles. The van der Waals surface area contributed by atoms with E-state index >= 15 is 0 Å². The van der Waals surface area contributed by atoms with Gasteiger partial charge in [-0.05, 0) is 25.8 Å². The maximum atomic E-state index is 10.1. The maximum Gasteiger partial charge on any atom is 0.157 e. The highest BCUT2D eigenvalue weighted by Crippen LogP contribution is 2.13. The van der Waals surface area contributed by atoms with Crippen LogP contribution in [0.1, 0.15) is 25.5 Å². The van der Waals surface area contributed by atoms with Crippen LogP contribution in [0, 0.1) is 0 Å². The van der Waals surface area contributed by atoms with Crippen molar-refractivity contribution in [2.24, 2.45) is 5.73 Å². The molecule has 2 rings (SSSR count). The Morgan fingerprint density at radius 1 is 1.29 bits per heavy atom. The molecule has 5 nitrogen and oxygen atoms in total. The van der Waals surface area contributed by atoms with Crippen molar-refractivity contribution >= 4 is 0 Å². The molecule has 0 aliphatic carbocycles. The summed E-state index contributed by atoms with van der Waals surface area (Å²) in [5, 5.41) is 14.3. The molecule has 0 amide bonds. The molecular weight excluding hydrogens is 266 g/mol. The van der Waals surface area contributed by atoms with E-state index in [1.807, 2.05) is 55.1 Å². The van der Waals surface area contributed by atoms with Gasteiger partial charge in [-0.2, -0.15) is 5.10 Å². The van der Waals surface area contributed by atoms with Crippen LogP contribution in [0.25, 0.3) is 0 Å². The first kappa shape index (κ1) is 15.5. The van der Waals surface area contributed by atoms with Crippen molar-refractivity contribution in [1.29, 1.82) is 0 Å². The van der Waals surface area contributed by atoms with Gasteiger partial charge in [0, 0.05) is 12.1 Å². The minimum atomic E-state index is -0.715. The number of nitrogens with zero attached hydrogens (tertiary/aromatic N) is 2. The van der Waals surface area contributed by atoms with Crippen molar-refractivity contribution in [3.8, 4) is 5.75 Å². The fourth-order valence-corrected chi connectivity index (χ4v) is 2.01. The van der Waals surface area contributed by atoms with Crippen LogP contribution in [0.3, 0.4) is 0 Å². The van der Waals surface area contributed by atoms with Crippen LogP contribution < -0.4 is 10.5 Å². The third kappa shape index (κ3) is 4.58. The van der Waals surface area contributed by atoms with Crippen LogP contribution in [0.15, 0.2) is 42.7 Å². The number of benzene rings is 1. The summed E-state index contributed by atoms with van der Waals surface area (Å²) in [4.78, 5) is 0. The van der Waals surface area contributed by atoms with Gasteiger partial charge in [0.2, 0.25) is 0 Å². The van der Waals surface area contributed by atoms with E-state index in [0.29, 0.717) is 12.2 Å². The lowest BCUT2D eigenvalue weighted by Crippen LogP contribution is -2.40. The second-order valence-electron chi connectivity index (χ2n) is 5.48. The van der Waals surface area contributed by atoms with Gasteiger partial charge in [-0.1, -0.05) is 30.3 Å². The number of hydrogen-bond acceptors (Lipinski definition) is 4. The highest BCUT2D eigenvalue weighted by molar-refractivity contribution is 5.16. The normalized spacial score (nSPS) is 14.1. The Labute approximate surface area is 125 Å². The van der Waals surface area contributed by atoms with E-state index in [2.05, 4.69) is 5.10 Å². The summed E-state index contributed by atoms with van der Waals surface area (Å²) in [6.45, 7) is 4.25. The lowest BCUT2D eigenvalue weighted by atomic mass is 10.0. The van der Waals surface area contributed by atoms with Crippen molar-refractivity contribution in [3.63, 3.8) is 0 Å². The molecule has 0 radical (unpaired) electrons. The summed E-state index contributed by atoms with van der Waals surface area (Å²) in [5.74, 6) is 0.648. The van der Waals surface area contributed by atoms with E-state index < -0.39 is 6.10 Å². The number of aromatic nitrogens is 2. The molecule has 0 fully saturated rings. The zero-order valence-electron chi connectivity index (χ0n) is 12.5. The number of hydrogen-bond donors (Lipinski definition) is 2. The molecule has 5 heteroatoms. The third-order valence-electron chi connectivity index (χ3n) is 3.34. The number of aliphatic hydroxyl groups excluding tert-OH is 1. The fraction of sp³-hybridized carbons (Fsp3) is 0.438. The first-order chi connectivity index (χ1) is 10.1. The number of rotatable bonds is 7. The van der Waals surface area contributed by atoms with Crippen LogP contribution in [0.5, 0.6) is 5.75 Å². The molecule has 2 unspecified atom stereocenters. The smallest absolute Gasteiger partial charge is 0.157 e. The van der Waals surface area contributed by atoms with Gasteiger partial charge in [-0.25, -0.2) is 0 Å². The Morgan fingerprint density at radius 3 is 2.62 bits per heavy atom. The fourth-order valence-electron chi connectivity index (χ4n) is 2.01. The maximum absolute atomic E-state index is 10.1. The molecule has 2 aromatic rings. The SMILES string of the molecule is CC(C)n1cc(OCC(O)C(N)Cc2ccccc2)cn1. The quantitative estimate of drug-likeness (QED) is 0.815. The molecular formula is C16H23N3O2. The number of aliphatic hydroxyl groups is 1. The van der Waals surface area contributed by atoms with E-state index in [9.17, 15) is 5.11 Å². The molecule has 0 aliphatic heterocycles. The Hall–Kier alpha value is -1.85. The molecule has 0 aliphatic rings. The van der Waals surface area contributed by atoms with Gasteiger partial charge in [0.1, 0.15) is 12.7 Å². The van der Waals surface area contributed by atoms with Crippen LogP contribution in [-0.4, -0.2) is 33.6 Å². The van der Waals surface area contributed by atoms with Crippen molar-refractivity contribution in [2.45, 2.75) is 38.5 Å². The van der Waals surface area contributed by atoms with Gasteiger partial charge in [0.15, 0.2) is 5.75 Å². The molecule has 0 saturated carbocycles. The van der Waals surface area contributed by atoms with Gasteiger partial charge in [0.25, 0.3) is 0 Å². The highest BCUT2D eigenvalue weighted by Gasteiger charge is 2.16. The summed E-state index contributed by atoms with van der Waals surface area (Å²) in [6, 6.07) is 9.82. The lowest BCUT2D eigenvalue weighted by Gasteiger charge is -2.18. The Bertz CT molecular complexity index is 539. The van der Waals surface area contributed by atoms with Crippen molar-refractivity contribution in [3.05, 3.63) is 48.3 Å². The Balaban J connectivity index is 1.81. The lowest BCUT2D eigenvalue weighted by molar-refractivity contribution is 0.0851. The van der Waals surface area contributed by atoms with E-state index in [-0.39, 0.29) is 18.7 Å². The van der Waals surface area contributed by atoms with Crippen LogP contribution in [0.2, 0.25) is 0 Å². The van der Waals surface area contributed by atoms with E-state index in [4.69, 9.17) is 10.5 Å². The summed E-state index contributed by atoms with van der Waals surface area (Å²) >= 11 is 0. The average molecular weight is 289 g/mol. The van der Waals surface area contributed by atoms with Crippen molar-refractivity contribution in [2.75, 3.05) is 6.61 Å². The monoisotopic (exact) mass is 289 g/mol. The van der Waals surface area contributed by atoms with E-state index in [1.54, 1.807) is 6.20 Å². The largest absolute Gasteiger partial charge is 0.488 e. The van der Waals surface area contributed by atoms with Crippen LogP contribution >= 0.6 is 0 Å². The van der Waals surface area contributed by atoms with Gasteiger partial charge in [-0.15, -0.1) is 0 Å². The van der Waals surface area contributed by atoms with Gasteiger partial charge >= 0.3 is 0 Å². The topological polar surface area (TPSA) is 73.3 Å². The summed E-state index contributed by atoms with van der Waals surface area (Å²) in [5.41, 5.74) is 7.12. The highest BCUT2D eigenvalue weighted by atomic mass is 16.5. The molecule has 0 bridgehead atoms. The first-order valence-corrected chi connectivity index (χ1v) is 7.21. The molecule has 0 saturated heterocycles. The molecule has 21 heavy (non-hydrogen) atoms. The van der Waals surface area contributed by atoms with Gasteiger partial charge in [-0.3, -0.25) is 4.68 Å². The molecule has 0 spiro atoms. The minimum Gasteiger partial charge on any atom is -0.488 e. The molecule has 1 aromatic carbocycles. The predicted octanol–water partition coefficient (Wildman–Crippen LogP) is 1.77. The average Bonchev–Trinajstić information content (AvgIpc) is 2.95. The second-order valence-corrected chi connectivity index (χ2v) is 5.48. The number of ether oxygens (including phenoxy) is 1. The summed E-state index contributed by atoms with van der Waals surface area (Å²) < 4.78 is 7.36. The van der Waals surface area contributed by atoms with Gasteiger partial charge < -0.3 is 15.6 Å². The zero-order valence-corrected chi connectivity index (χ0v) is 12.5. The molecule has 3 N–H and O–H groups in total. The molecule has 2 atom stereocenters. The van der Waals surface area contributed by atoms with E-state index in [0.717, 1.165) is 5.56 Å². The standard InChI is InChI=1S/C16H23N3O2/c1-12(2)19-10-14(9-18-19)21-11-16(20)15(17)8-13-6-4-3-5-7-13/h3-7,9-10,12,15-16,20H,8,11,17H2,1-2H3. The third-order valence-corrected chi connectivity index (χ3v) is 3.34. The van der Waals surface area contributed by atoms with Crippen LogP contribution in [-0.2, 0) is 6.42 Å². The Morgan fingerprint density at radius 2 is 2.00 bits per heavy atom. The Kier molecular flexibility index (Phi) is 5.36. The number of nitrogens with two attached hydrogens (primary N) is 1. The predicted molar refractivity (Wildman–Crippen MR) is 82.2 cm³/mol. The summed E-state index contributed by atoms with van der Waals surface area (Å²) in [7, 11) is 0. The minimum absolute atomic E-state index is 0.164. The second kappa shape index (κ2) is 7.24. The van der Waals surface area contributed by atoms with Crippen molar-refractivity contribution < 1.29 is 9.84 Å². The van der Waals surface area contributed by atoms with Crippen LogP contribution in [0.4, 0.5) is 0 Å². The zero-order chi connectivity index (χ0) is 15.2. The molecule has 114 valence electrons. The summed E-state index contributed by atoms with van der Waals surface area (Å²) in [6.07, 6.45) is 3.37. The first-order valence-electron chi connectivity index (χ1n) is 7.21.